The second-order valence-electron chi connectivity index (χ2n) is 4.84. The fourth-order valence-electron chi connectivity index (χ4n) is 2.36. The zero-order chi connectivity index (χ0) is 14.7. The first-order valence-corrected chi connectivity index (χ1v) is 7.01. The van der Waals surface area contributed by atoms with Gasteiger partial charge in [-0.05, 0) is 37.3 Å². The molecule has 0 unspecified atom stereocenters. The van der Waals surface area contributed by atoms with Crippen molar-refractivity contribution in [2.45, 2.75) is 6.92 Å². The summed E-state index contributed by atoms with van der Waals surface area (Å²) in [6.07, 6.45) is 0. The molecule has 0 bridgehead atoms. The van der Waals surface area contributed by atoms with E-state index in [4.69, 9.17) is 9.47 Å². The molecule has 21 heavy (non-hydrogen) atoms. The van der Waals surface area contributed by atoms with Gasteiger partial charge in [-0.3, -0.25) is 4.79 Å². The predicted octanol–water partition coefficient (Wildman–Crippen LogP) is 3.12. The first-order chi connectivity index (χ1) is 10.3. The van der Waals surface area contributed by atoms with Gasteiger partial charge < -0.3 is 14.4 Å². The van der Waals surface area contributed by atoms with E-state index in [-0.39, 0.29) is 12.6 Å². The van der Waals surface area contributed by atoms with Gasteiger partial charge in [0.15, 0.2) is 17.3 Å². The summed E-state index contributed by atoms with van der Waals surface area (Å²) in [6.45, 7) is 3.39. The summed E-state index contributed by atoms with van der Waals surface area (Å²) < 4.78 is 10.6. The number of Topliss-reactive ketones (excluding diaryl/α,β-unsaturated/α-hetero) is 1. The molecule has 1 aliphatic heterocycles. The molecule has 0 aromatic heterocycles. The van der Waals surface area contributed by atoms with Crippen molar-refractivity contribution in [2.75, 3.05) is 24.8 Å². The molecule has 1 aliphatic rings. The summed E-state index contributed by atoms with van der Waals surface area (Å²) in [5, 5.41) is 0. The highest BCUT2D eigenvalue weighted by molar-refractivity contribution is 5.99. The standard InChI is InChI=1S/C17H17NO3/c1-2-18(14-6-4-3-5-7-14)11-15(19)13-8-9-16-17(10-13)21-12-20-16/h3-10H,2,11-12H2,1H3. The molecule has 0 amide bonds. The lowest BCUT2D eigenvalue weighted by Crippen LogP contribution is -2.29. The van der Waals surface area contributed by atoms with E-state index in [2.05, 4.69) is 0 Å². The summed E-state index contributed by atoms with van der Waals surface area (Å²) in [5.74, 6) is 1.41. The van der Waals surface area contributed by atoms with Gasteiger partial charge in [-0.2, -0.15) is 0 Å². The molecule has 3 rings (SSSR count). The lowest BCUT2D eigenvalue weighted by Gasteiger charge is -2.22. The molecule has 0 saturated carbocycles. The summed E-state index contributed by atoms with van der Waals surface area (Å²) in [5.41, 5.74) is 1.70. The number of nitrogens with zero attached hydrogens (tertiary/aromatic N) is 1. The maximum Gasteiger partial charge on any atom is 0.231 e. The van der Waals surface area contributed by atoms with E-state index in [1.54, 1.807) is 18.2 Å². The van der Waals surface area contributed by atoms with E-state index in [9.17, 15) is 4.79 Å². The minimum atomic E-state index is 0.0685. The number of fused-ring (bicyclic) bond motifs is 1. The maximum atomic E-state index is 12.4. The van der Waals surface area contributed by atoms with E-state index in [0.717, 1.165) is 12.2 Å². The SMILES string of the molecule is CCN(CC(=O)c1ccc2c(c1)OCO2)c1ccccc1. The van der Waals surface area contributed by atoms with E-state index in [1.807, 2.05) is 42.2 Å². The van der Waals surface area contributed by atoms with Crippen LogP contribution in [0.25, 0.3) is 0 Å². The Balaban J connectivity index is 1.76. The van der Waals surface area contributed by atoms with Crippen LogP contribution < -0.4 is 14.4 Å². The number of carbonyl (C=O) groups excluding carboxylic acids is 1. The van der Waals surface area contributed by atoms with Crippen molar-refractivity contribution in [1.82, 2.24) is 0 Å². The molecule has 0 saturated heterocycles. The fraction of sp³-hybridized carbons (Fsp3) is 0.235. The molecule has 2 aromatic rings. The van der Waals surface area contributed by atoms with Crippen LogP contribution in [0.1, 0.15) is 17.3 Å². The normalized spacial score (nSPS) is 12.2. The minimum Gasteiger partial charge on any atom is -0.454 e. The van der Waals surface area contributed by atoms with Crippen LogP contribution in [-0.2, 0) is 0 Å². The highest BCUT2D eigenvalue weighted by Crippen LogP contribution is 2.32. The molecule has 0 radical (unpaired) electrons. The Bertz CT molecular complexity index is 640. The highest BCUT2D eigenvalue weighted by Gasteiger charge is 2.17. The molecule has 4 heteroatoms. The fourth-order valence-corrected chi connectivity index (χ4v) is 2.36. The highest BCUT2D eigenvalue weighted by atomic mass is 16.7. The number of para-hydroxylation sites is 1. The summed E-state index contributed by atoms with van der Waals surface area (Å²) in [6, 6.07) is 15.3. The Labute approximate surface area is 123 Å². The molecule has 2 aromatic carbocycles. The van der Waals surface area contributed by atoms with Gasteiger partial charge in [-0.25, -0.2) is 0 Å². The number of carbonyl (C=O) groups is 1. The number of ether oxygens (including phenoxy) is 2. The molecule has 0 N–H and O–H groups in total. The van der Waals surface area contributed by atoms with E-state index < -0.39 is 0 Å². The number of ketones is 1. The Morgan fingerprint density at radius 3 is 2.62 bits per heavy atom. The van der Waals surface area contributed by atoms with Crippen molar-refractivity contribution < 1.29 is 14.3 Å². The minimum absolute atomic E-state index is 0.0685. The zero-order valence-corrected chi connectivity index (χ0v) is 11.9. The largest absolute Gasteiger partial charge is 0.454 e. The average molecular weight is 283 g/mol. The molecule has 0 spiro atoms. The molecule has 0 atom stereocenters. The van der Waals surface area contributed by atoms with Gasteiger partial charge in [0.25, 0.3) is 0 Å². The summed E-state index contributed by atoms with van der Waals surface area (Å²) in [7, 11) is 0. The monoisotopic (exact) mass is 283 g/mol. The van der Waals surface area contributed by atoms with Gasteiger partial charge in [0.2, 0.25) is 6.79 Å². The number of anilines is 1. The van der Waals surface area contributed by atoms with Crippen molar-refractivity contribution in [3.63, 3.8) is 0 Å². The molecule has 108 valence electrons. The van der Waals surface area contributed by atoms with Crippen molar-refractivity contribution in [3.8, 4) is 11.5 Å². The van der Waals surface area contributed by atoms with Crippen molar-refractivity contribution in [3.05, 3.63) is 54.1 Å². The zero-order valence-electron chi connectivity index (χ0n) is 11.9. The first kappa shape index (κ1) is 13.5. The first-order valence-electron chi connectivity index (χ1n) is 7.01. The number of likely N-dealkylation sites (N-methyl/N-ethyl adjacent to an activating group) is 1. The van der Waals surface area contributed by atoms with Crippen LogP contribution in [0.15, 0.2) is 48.5 Å². The molecular weight excluding hydrogens is 266 g/mol. The van der Waals surface area contributed by atoms with Crippen molar-refractivity contribution in [2.24, 2.45) is 0 Å². The predicted molar refractivity (Wildman–Crippen MR) is 81.2 cm³/mol. The van der Waals surface area contributed by atoms with Crippen LogP contribution in [0, 0.1) is 0 Å². The topological polar surface area (TPSA) is 38.8 Å². The van der Waals surface area contributed by atoms with Gasteiger partial charge >= 0.3 is 0 Å². The molecule has 1 heterocycles. The molecular formula is C17H17NO3. The second-order valence-corrected chi connectivity index (χ2v) is 4.84. The van der Waals surface area contributed by atoms with Crippen molar-refractivity contribution >= 4 is 11.5 Å². The van der Waals surface area contributed by atoms with Gasteiger partial charge in [-0.1, -0.05) is 18.2 Å². The third-order valence-electron chi connectivity index (χ3n) is 3.53. The van der Waals surface area contributed by atoms with Crippen molar-refractivity contribution in [1.29, 1.82) is 0 Å². The third kappa shape index (κ3) is 2.84. The smallest absolute Gasteiger partial charge is 0.231 e. The molecule has 4 nitrogen and oxygen atoms in total. The quantitative estimate of drug-likeness (QED) is 0.790. The van der Waals surface area contributed by atoms with Gasteiger partial charge in [0.05, 0.1) is 6.54 Å². The maximum absolute atomic E-state index is 12.4. The third-order valence-corrected chi connectivity index (χ3v) is 3.53. The van der Waals surface area contributed by atoms with E-state index in [0.29, 0.717) is 23.6 Å². The number of hydrogen-bond donors (Lipinski definition) is 0. The Kier molecular flexibility index (Phi) is 3.77. The number of hydrogen-bond acceptors (Lipinski definition) is 4. The van der Waals surface area contributed by atoms with Crippen LogP contribution >= 0.6 is 0 Å². The van der Waals surface area contributed by atoms with Crippen LogP contribution in [0.2, 0.25) is 0 Å². The van der Waals surface area contributed by atoms with Gasteiger partial charge in [0.1, 0.15) is 0 Å². The molecule has 0 aliphatic carbocycles. The van der Waals surface area contributed by atoms with Gasteiger partial charge in [-0.15, -0.1) is 0 Å². The van der Waals surface area contributed by atoms with Crippen LogP contribution in [0.5, 0.6) is 11.5 Å². The lowest BCUT2D eigenvalue weighted by atomic mass is 10.1. The number of benzene rings is 2. The van der Waals surface area contributed by atoms with Crippen LogP contribution in [0.3, 0.4) is 0 Å². The second kappa shape index (κ2) is 5.87. The number of rotatable bonds is 5. The van der Waals surface area contributed by atoms with Gasteiger partial charge in [0, 0.05) is 17.8 Å². The Morgan fingerprint density at radius 1 is 1.10 bits per heavy atom. The Morgan fingerprint density at radius 2 is 1.86 bits per heavy atom. The Hall–Kier alpha value is -2.49. The average Bonchev–Trinajstić information content (AvgIpc) is 3.00. The molecule has 0 fully saturated rings. The lowest BCUT2D eigenvalue weighted by molar-refractivity contribution is 0.0999. The summed E-state index contributed by atoms with van der Waals surface area (Å²) in [4.78, 5) is 14.5. The van der Waals surface area contributed by atoms with Crippen LogP contribution in [-0.4, -0.2) is 25.7 Å². The summed E-state index contributed by atoms with van der Waals surface area (Å²) >= 11 is 0. The van der Waals surface area contributed by atoms with E-state index >= 15 is 0 Å². The van der Waals surface area contributed by atoms with Crippen LogP contribution in [0.4, 0.5) is 5.69 Å². The van der Waals surface area contributed by atoms with E-state index in [1.165, 1.54) is 0 Å².